The van der Waals surface area contributed by atoms with Crippen molar-refractivity contribution in [2.75, 3.05) is 123 Å². The highest BCUT2D eigenvalue weighted by molar-refractivity contribution is 8.76. The number of hydrogen-bond donors (Lipinski definition) is 4. The Morgan fingerprint density at radius 3 is 0.966 bits per heavy atom. The van der Waals surface area contributed by atoms with Crippen LogP contribution in [0.5, 0.6) is 0 Å². The van der Waals surface area contributed by atoms with Crippen molar-refractivity contribution < 1.29 is 68.1 Å². The maximum absolute atomic E-state index is 12.9. The second kappa shape index (κ2) is 55.4. The van der Waals surface area contributed by atoms with Gasteiger partial charge in [0.25, 0.3) is 0 Å². The minimum Gasteiger partial charge on any atom is -0.465 e. The normalized spacial score (nSPS) is 14.8. The molecule has 0 saturated carbocycles. The van der Waals surface area contributed by atoms with E-state index in [1.54, 1.807) is 0 Å². The second-order valence-electron chi connectivity index (χ2n) is 24.6. The molecular weight excluding hydrogens is 1150 g/mol. The minimum atomic E-state index is -0.656. The number of carbonyl (C=O) groups excluding carboxylic acids is 5. The van der Waals surface area contributed by atoms with Crippen molar-refractivity contribution in [2.24, 2.45) is 23.7 Å². The van der Waals surface area contributed by atoms with Gasteiger partial charge in [0.1, 0.15) is 6.61 Å². The van der Waals surface area contributed by atoms with Crippen molar-refractivity contribution in [2.45, 2.75) is 253 Å². The molecule has 20 heteroatoms. The first-order valence-corrected chi connectivity index (χ1v) is 37.1. The maximum Gasteiger partial charge on any atom is 0.305 e. The Balaban J connectivity index is 2.52. The molecule has 1 rings (SSSR count). The van der Waals surface area contributed by atoms with E-state index in [0.29, 0.717) is 192 Å². The van der Waals surface area contributed by atoms with Gasteiger partial charge in [0.05, 0.1) is 50.8 Å². The van der Waals surface area contributed by atoms with Gasteiger partial charge in [-0.05, 0) is 101 Å². The number of aliphatic hydroxyl groups is 4. The average Bonchev–Trinajstić information content (AvgIpc) is 3.63. The number of aliphatic hydroxyl groups excluding tert-OH is 4. The van der Waals surface area contributed by atoms with Gasteiger partial charge in [0, 0.05) is 109 Å². The van der Waals surface area contributed by atoms with Crippen LogP contribution in [0.4, 0.5) is 0 Å². The predicted octanol–water partition coefficient (Wildman–Crippen LogP) is 10.9. The van der Waals surface area contributed by atoms with E-state index in [-0.39, 0.29) is 36.3 Å². The van der Waals surface area contributed by atoms with Crippen LogP contribution in [0, 0.1) is 23.7 Å². The molecule has 1 fully saturated rings. The van der Waals surface area contributed by atoms with Crippen LogP contribution >= 0.6 is 21.6 Å². The van der Waals surface area contributed by atoms with Crippen molar-refractivity contribution in [1.29, 1.82) is 0 Å². The minimum absolute atomic E-state index is 0.174. The third-order valence-electron chi connectivity index (χ3n) is 17.4. The van der Waals surface area contributed by atoms with Crippen molar-refractivity contribution in [3.8, 4) is 0 Å². The fraction of sp³-hybridized carbons (Fsp3) is 0.925. The summed E-state index contributed by atoms with van der Waals surface area (Å²) in [6, 6.07) is 0. The topological polar surface area (TPSA) is 225 Å². The molecule has 87 heavy (non-hydrogen) atoms. The summed E-state index contributed by atoms with van der Waals surface area (Å²) in [5.74, 6) is 2.49. The highest BCUT2D eigenvalue weighted by atomic mass is 33.1. The van der Waals surface area contributed by atoms with Crippen LogP contribution in [0.3, 0.4) is 0 Å². The first-order chi connectivity index (χ1) is 42.0. The molecule has 0 aromatic carbocycles. The molecule has 0 bridgehead atoms. The molecule has 0 spiro atoms. The largest absolute Gasteiger partial charge is 0.465 e. The zero-order valence-corrected chi connectivity index (χ0v) is 57.8. The standard InChI is InChI=1S/C67H128N4O14S2/c1-9-55(10-2)51-82-64(77)31-21-17-27-59(72)47-70(48-60(73)28-18-22-32-65(78)83-52-56(11-3)12-4)36-25-35-63(76)81-44-42-68-38-40-69(41-39-68)43-46-87-86-45-26-37-71(49-61(74)29-19-23-33-66(79)84-53-57(13-5)14-6)50-62(75)30-20-24-34-67(80)85-54-58(15-7)16-8/h55-62,72-75H,9-54H2,1-8H3. The van der Waals surface area contributed by atoms with E-state index in [1.165, 1.54) is 0 Å². The Hall–Kier alpha value is -2.27. The highest BCUT2D eigenvalue weighted by Gasteiger charge is 2.22. The molecular formula is C67H128N4O14S2. The molecule has 18 nitrogen and oxygen atoms in total. The summed E-state index contributed by atoms with van der Waals surface area (Å²) >= 11 is 0. The van der Waals surface area contributed by atoms with Gasteiger partial charge < -0.3 is 44.1 Å². The van der Waals surface area contributed by atoms with Crippen LogP contribution in [0.2, 0.25) is 0 Å². The maximum atomic E-state index is 12.9. The molecule has 4 N–H and O–H groups in total. The lowest BCUT2D eigenvalue weighted by Crippen LogP contribution is -2.47. The molecule has 0 amide bonds. The molecule has 0 aliphatic carbocycles. The number of hydrogen-bond acceptors (Lipinski definition) is 20. The fourth-order valence-electron chi connectivity index (χ4n) is 10.6. The summed E-state index contributed by atoms with van der Waals surface area (Å²) in [6.45, 7) is 27.2. The molecule has 1 saturated heterocycles. The number of carbonyl (C=O) groups is 5. The summed E-state index contributed by atoms with van der Waals surface area (Å²) in [6.07, 6.45) is 16.0. The average molecular weight is 1280 g/mol. The fourth-order valence-corrected chi connectivity index (χ4v) is 12.7. The molecule has 1 heterocycles. The molecule has 1 aliphatic heterocycles. The molecule has 4 atom stereocenters. The van der Waals surface area contributed by atoms with E-state index < -0.39 is 24.4 Å². The molecule has 1 aliphatic rings. The van der Waals surface area contributed by atoms with Crippen LogP contribution in [-0.4, -0.2) is 217 Å². The quantitative estimate of drug-likeness (QED) is 0.0192. The second-order valence-corrected chi connectivity index (χ2v) is 27.3. The Morgan fingerprint density at radius 1 is 0.368 bits per heavy atom. The Morgan fingerprint density at radius 2 is 0.644 bits per heavy atom. The van der Waals surface area contributed by atoms with Gasteiger partial charge in [-0.1, -0.05) is 154 Å². The first kappa shape index (κ1) is 82.7. The summed E-state index contributed by atoms with van der Waals surface area (Å²) in [7, 11) is 3.73. The summed E-state index contributed by atoms with van der Waals surface area (Å²) in [5.41, 5.74) is 0. The first-order valence-electron chi connectivity index (χ1n) is 34.6. The highest BCUT2D eigenvalue weighted by Crippen LogP contribution is 2.23. The predicted molar refractivity (Wildman–Crippen MR) is 354 cm³/mol. The molecule has 0 radical (unpaired) electrons. The van der Waals surface area contributed by atoms with E-state index in [4.69, 9.17) is 23.7 Å². The smallest absolute Gasteiger partial charge is 0.305 e. The van der Waals surface area contributed by atoms with Crippen molar-refractivity contribution in [3.63, 3.8) is 0 Å². The molecule has 0 aromatic rings. The summed E-state index contributed by atoms with van der Waals surface area (Å²) < 4.78 is 27.5. The van der Waals surface area contributed by atoms with Crippen LogP contribution < -0.4 is 0 Å². The number of ether oxygens (including phenoxy) is 5. The van der Waals surface area contributed by atoms with Gasteiger partial charge in [0.2, 0.25) is 0 Å². The van der Waals surface area contributed by atoms with E-state index in [0.717, 1.165) is 121 Å². The summed E-state index contributed by atoms with van der Waals surface area (Å²) in [4.78, 5) is 71.0. The Labute approximate surface area is 536 Å². The number of nitrogens with zero attached hydrogens (tertiary/aromatic N) is 4. The lowest BCUT2D eigenvalue weighted by atomic mass is 10.1. The SMILES string of the molecule is CCC(CC)COC(=O)CCCCC(O)CN(CCCSSCCN1CCN(CCOC(=O)CCCN(CC(O)CCCCC(=O)OCC(CC)CC)CC(O)CCCCC(=O)OCC(CC)CC)CC1)CC(O)CCCCC(=O)OCC(CC)CC. The van der Waals surface area contributed by atoms with Crippen molar-refractivity contribution in [3.05, 3.63) is 0 Å². The monoisotopic (exact) mass is 1280 g/mol. The Kier molecular flexibility index (Phi) is 52.7. The lowest BCUT2D eigenvalue weighted by Gasteiger charge is -2.34. The van der Waals surface area contributed by atoms with Gasteiger partial charge in [-0.15, -0.1) is 0 Å². The van der Waals surface area contributed by atoms with Gasteiger partial charge in [-0.2, -0.15) is 0 Å². The number of piperazine rings is 1. The third kappa shape index (κ3) is 46.5. The van der Waals surface area contributed by atoms with Gasteiger partial charge in [-0.25, -0.2) is 0 Å². The lowest BCUT2D eigenvalue weighted by molar-refractivity contribution is -0.146. The molecule has 0 aromatic heterocycles. The number of esters is 5. The van der Waals surface area contributed by atoms with Crippen molar-refractivity contribution in [1.82, 2.24) is 19.6 Å². The van der Waals surface area contributed by atoms with E-state index >= 15 is 0 Å². The van der Waals surface area contributed by atoms with Crippen LogP contribution in [0.1, 0.15) is 229 Å². The van der Waals surface area contributed by atoms with E-state index in [2.05, 4.69) is 70.1 Å². The Bertz CT molecular complexity index is 1600. The van der Waals surface area contributed by atoms with Crippen LogP contribution in [0.25, 0.3) is 0 Å². The van der Waals surface area contributed by atoms with Crippen LogP contribution in [-0.2, 0) is 47.7 Å². The molecule has 512 valence electrons. The van der Waals surface area contributed by atoms with Crippen molar-refractivity contribution >= 4 is 51.4 Å². The van der Waals surface area contributed by atoms with E-state index in [9.17, 15) is 44.4 Å². The van der Waals surface area contributed by atoms with Crippen LogP contribution in [0.15, 0.2) is 0 Å². The zero-order chi connectivity index (χ0) is 64.3. The van der Waals surface area contributed by atoms with Gasteiger partial charge >= 0.3 is 29.8 Å². The zero-order valence-electron chi connectivity index (χ0n) is 56.1. The van der Waals surface area contributed by atoms with E-state index in [1.807, 2.05) is 26.5 Å². The number of rotatable bonds is 59. The van der Waals surface area contributed by atoms with Gasteiger partial charge in [0.15, 0.2) is 0 Å². The summed E-state index contributed by atoms with van der Waals surface area (Å²) in [5, 5.41) is 44.2. The number of unbranched alkanes of at least 4 members (excludes halogenated alkanes) is 4. The third-order valence-corrected chi connectivity index (χ3v) is 19.8. The van der Waals surface area contributed by atoms with Gasteiger partial charge in [-0.3, -0.25) is 43.6 Å². The molecule has 4 unspecified atom stereocenters.